The first-order valence-electron chi connectivity index (χ1n) is 9.41. The molecule has 4 aromatic carbocycles. The summed E-state index contributed by atoms with van der Waals surface area (Å²) in [5.41, 5.74) is 1.38. The van der Waals surface area contributed by atoms with Crippen molar-refractivity contribution in [3.63, 3.8) is 0 Å². The van der Waals surface area contributed by atoms with Gasteiger partial charge in [-0.05, 0) is 28.0 Å². The molecule has 142 valence electrons. The van der Waals surface area contributed by atoms with E-state index in [1.807, 2.05) is 97.1 Å². The number of hydrogen-bond acceptors (Lipinski definition) is 3. The molecule has 0 fully saturated rings. The maximum atomic E-state index is 11.9. The van der Waals surface area contributed by atoms with E-state index in [0.29, 0.717) is 5.75 Å². The van der Waals surface area contributed by atoms with Crippen molar-refractivity contribution in [2.75, 3.05) is 0 Å². The van der Waals surface area contributed by atoms with Gasteiger partial charge in [0.1, 0.15) is 5.75 Å². The fourth-order valence-corrected chi connectivity index (χ4v) is 4.11. The van der Waals surface area contributed by atoms with Gasteiger partial charge >= 0.3 is 12.3 Å². The summed E-state index contributed by atoms with van der Waals surface area (Å²) in [5, 5.41) is 11.7. The van der Waals surface area contributed by atoms with Crippen molar-refractivity contribution in [2.45, 2.75) is 11.9 Å². The van der Waals surface area contributed by atoms with Gasteiger partial charge in [0.25, 0.3) is 0 Å². The third-order valence-corrected chi connectivity index (χ3v) is 5.32. The van der Waals surface area contributed by atoms with Crippen LogP contribution in [0.25, 0.3) is 10.8 Å². The first kappa shape index (κ1) is 17.5. The number of carboxylic acid groups (broad SMARTS) is 1. The molecule has 0 spiro atoms. The molecule has 0 radical (unpaired) electrons. The number of aliphatic carboxylic acids is 1. The zero-order valence-corrected chi connectivity index (χ0v) is 15.5. The second-order valence-electron chi connectivity index (χ2n) is 6.98. The van der Waals surface area contributed by atoms with Crippen LogP contribution in [0.1, 0.15) is 16.7 Å². The first-order valence-corrected chi connectivity index (χ1v) is 9.41. The van der Waals surface area contributed by atoms with Crippen molar-refractivity contribution < 1.29 is 19.4 Å². The fraction of sp³-hybridized carbons (Fsp3) is 0.0800. The zero-order chi connectivity index (χ0) is 19.8. The number of carbonyl (C=O) groups is 1. The summed E-state index contributed by atoms with van der Waals surface area (Å²) in [5.74, 6) is -0.657. The van der Waals surface area contributed by atoms with E-state index in [1.165, 1.54) is 0 Å². The smallest absolute Gasteiger partial charge is 0.373 e. The van der Waals surface area contributed by atoms with Gasteiger partial charge in [-0.15, -0.1) is 0 Å². The molecule has 1 heterocycles. The topological polar surface area (TPSA) is 55.8 Å². The molecule has 0 aliphatic carbocycles. The number of rotatable bonds is 3. The molecule has 4 heteroatoms. The Morgan fingerprint density at radius 3 is 1.97 bits per heavy atom. The van der Waals surface area contributed by atoms with Crippen molar-refractivity contribution >= 4 is 16.7 Å². The molecule has 0 saturated carbocycles. The van der Waals surface area contributed by atoms with E-state index in [4.69, 9.17) is 9.47 Å². The minimum Gasteiger partial charge on any atom is -0.477 e. The van der Waals surface area contributed by atoms with Gasteiger partial charge in [0.05, 0.1) is 0 Å². The van der Waals surface area contributed by atoms with E-state index in [1.54, 1.807) is 0 Å². The molecule has 1 atom stereocenters. The maximum Gasteiger partial charge on any atom is 0.373 e. The monoisotopic (exact) mass is 382 g/mol. The minimum atomic E-state index is -1.43. The third kappa shape index (κ3) is 2.69. The van der Waals surface area contributed by atoms with E-state index >= 15 is 0 Å². The number of hydrogen-bond donors (Lipinski definition) is 1. The van der Waals surface area contributed by atoms with E-state index in [2.05, 4.69) is 0 Å². The summed E-state index contributed by atoms with van der Waals surface area (Å²) in [7, 11) is 0. The van der Waals surface area contributed by atoms with Crippen molar-refractivity contribution in [3.05, 3.63) is 114 Å². The molecule has 5 rings (SSSR count). The van der Waals surface area contributed by atoms with Gasteiger partial charge in [-0.3, -0.25) is 0 Å². The Morgan fingerprint density at radius 2 is 1.34 bits per heavy atom. The maximum absolute atomic E-state index is 11.9. The number of fused-ring (bicyclic) bond motifs is 3. The summed E-state index contributed by atoms with van der Waals surface area (Å²) in [6.07, 6.45) is -1.43. The molecule has 0 bridgehead atoms. The molecule has 0 saturated heterocycles. The van der Waals surface area contributed by atoms with Crippen LogP contribution in [0.2, 0.25) is 0 Å². The lowest BCUT2D eigenvalue weighted by Gasteiger charge is -2.42. The van der Waals surface area contributed by atoms with Crippen LogP contribution in [0, 0.1) is 0 Å². The van der Waals surface area contributed by atoms with Gasteiger partial charge in [0.15, 0.2) is 5.60 Å². The Bertz CT molecular complexity index is 1150. The zero-order valence-electron chi connectivity index (χ0n) is 15.5. The van der Waals surface area contributed by atoms with Crippen LogP contribution in [-0.2, 0) is 15.1 Å². The highest BCUT2D eigenvalue weighted by Gasteiger charge is 2.48. The molecule has 1 N–H and O–H groups in total. The molecule has 1 aliphatic rings. The Morgan fingerprint density at radius 1 is 0.759 bits per heavy atom. The summed E-state index contributed by atoms with van der Waals surface area (Å²) in [6, 6.07) is 31.2. The molecular formula is C25H18O4. The lowest BCUT2D eigenvalue weighted by Crippen LogP contribution is -2.46. The van der Waals surface area contributed by atoms with Gasteiger partial charge < -0.3 is 14.6 Å². The molecule has 0 aromatic heterocycles. The Hall–Kier alpha value is -3.63. The van der Waals surface area contributed by atoms with Crippen LogP contribution in [-0.4, -0.2) is 17.4 Å². The third-order valence-electron chi connectivity index (χ3n) is 5.32. The second kappa shape index (κ2) is 6.76. The SMILES string of the molecule is O=C(O)C1Oc2ccc3ccccc3c2C(c2ccccc2)(c2ccccc2)O1. The van der Waals surface area contributed by atoms with Crippen molar-refractivity contribution in [1.82, 2.24) is 0 Å². The highest BCUT2D eigenvalue weighted by molar-refractivity contribution is 5.90. The lowest BCUT2D eigenvalue weighted by molar-refractivity contribution is -0.196. The fourth-order valence-electron chi connectivity index (χ4n) is 4.11. The van der Waals surface area contributed by atoms with Crippen LogP contribution in [0.5, 0.6) is 5.75 Å². The predicted octanol–water partition coefficient (Wildman–Crippen LogP) is 4.95. The molecule has 29 heavy (non-hydrogen) atoms. The van der Waals surface area contributed by atoms with Gasteiger partial charge in [-0.1, -0.05) is 91.0 Å². The molecule has 4 aromatic rings. The largest absolute Gasteiger partial charge is 0.477 e. The normalized spacial score (nSPS) is 17.3. The summed E-state index contributed by atoms with van der Waals surface area (Å²) in [6.45, 7) is 0. The standard InChI is InChI=1S/C25H18O4/c26-23(27)24-28-21-16-15-17-9-7-8-14-20(17)22(21)25(29-24,18-10-3-1-4-11-18)19-12-5-2-6-13-19/h1-16,24H,(H,26,27). The van der Waals surface area contributed by atoms with Crippen LogP contribution >= 0.6 is 0 Å². The average Bonchev–Trinajstić information content (AvgIpc) is 2.79. The van der Waals surface area contributed by atoms with E-state index in [0.717, 1.165) is 27.5 Å². The minimum absolute atomic E-state index is 0.509. The van der Waals surface area contributed by atoms with E-state index in [-0.39, 0.29) is 0 Å². The second-order valence-corrected chi connectivity index (χ2v) is 6.98. The van der Waals surface area contributed by atoms with Crippen LogP contribution in [0.3, 0.4) is 0 Å². The van der Waals surface area contributed by atoms with Crippen molar-refractivity contribution in [1.29, 1.82) is 0 Å². The highest BCUT2D eigenvalue weighted by Crippen LogP contribution is 2.50. The lowest BCUT2D eigenvalue weighted by atomic mass is 9.77. The Balaban J connectivity index is 1.94. The van der Waals surface area contributed by atoms with Crippen LogP contribution in [0.4, 0.5) is 0 Å². The Labute approximate surface area is 167 Å². The van der Waals surface area contributed by atoms with Crippen LogP contribution in [0.15, 0.2) is 97.1 Å². The Kier molecular flexibility index (Phi) is 4.07. The van der Waals surface area contributed by atoms with Gasteiger partial charge in [-0.2, -0.15) is 0 Å². The van der Waals surface area contributed by atoms with Gasteiger partial charge in [-0.25, -0.2) is 4.79 Å². The summed E-state index contributed by atoms with van der Waals surface area (Å²) in [4.78, 5) is 11.9. The molecule has 0 amide bonds. The highest BCUT2D eigenvalue weighted by atomic mass is 16.7. The number of carboxylic acids is 1. The molecule has 4 nitrogen and oxygen atoms in total. The summed E-state index contributed by atoms with van der Waals surface area (Å²) >= 11 is 0. The van der Waals surface area contributed by atoms with Crippen molar-refractivity contribution in [3.8, 4) is 5.75 Å². The van der Waals surface area contributed by atoms with E-state index in [9.17, 15) is 9.90 Å². The molecular weight excluding hydrogens is 364 g/mol. The van der Waals surface area contributed by atoms with Gasteiger partial charge in [0, 0.05) is 5.56 Å². The molecule has 1 unspecified atom stereocenters. The first-order chi connectivity index (χ1) is 14.2. The predicted molar refractivity (Wildman–Crippen MR) is 110 cm³/mol. The number of ether oxygens (including phenoxy) is 2. The number of benzene rings is 4. The quantitative estimate of drug-likeness (QED) is 0.545. The molecule has 1 aliphatic heterocycles. The van der Waals surface area contributed by atoms with Crippen molar-refractivity contribution in [2.24, 2.45) is 0 Å². The average molecular weight is 382 g/mol. The van der Waals surface area contributed by atoms with Gasteiger partial charge in [0.2, 0.25) is 0 Å². The van der Waals surface area contributed by atoms with E-state index < -0.39 is 17.9 Å². The summed E-state index contributed by atoms with van der Waals surface area (Å²) < 4.78 is 12.1. The van der Waals surface area contributed by atoms with Crippen LogP contribution < -0.4 is 4.74 Å².